The largest absolute Gasteiger partial charge is 0.356 e. The maximum Gasteiger partial charge on any atom is 0.267 e. The maximum absolute atomic E-state index is 12.1. The quantitative estimate of drug-likeness (QED) is 0.781. The average Bonchev–Trinajstić information content (AvgIpc) is 2.75. The Labute approximate surface area is 119 Å². The molecule has 0 saturated heterocycles. The molecule has 1 fully saturated rings. The van der Waals surface area contributed by atoms with Gasteiger partial charge in [0.1, 0.15) is 5.69 Å². The molecule has 1 amide bonds. The zero-order valence-corrected chi connectivity index (χ0v) is 12.5. The summed E-state index contributed by atoms with van der Waals surface area (Å²) < 4.78 is 22.3. The van der Waals surface area contributed by atoms with Crippen molar-refractivity contribution in [1.29, 1.82) is 0 Å². The van der Waals surface area contributed by atoms with Crippen LogP contribution in [0.15, 0.2) is 17.2 Å². The molecule has 112 valence electrons. The first kappa shape index (κ1) is 15.1. The van der Waals surface area contributed by atoms with Crippen LogP contribution in [-0.4, -0.2) is 25.4 Å². The molecule has 6 nitrogen and oxygen atoms in total. The van der Waals surface area contributed by atoms with Gasteiger partial charge in [-0.05, 0) is 37.2 Å². The minimum absolute atomic E-state index is 0.0759. The lowest BCUT2D eigenvalue weighted by Crippen LogP contribution is -2.40. The summed E-state index contributed by atoms with van der Waals surface area (Å²) in [4.78, 5) is 14.7. The minimum Gasteiger partial charge on any atom is -0.356 e. The average molecular weight is 299 g/mol. The van der Waals surface area contributed by atoms with Gasteiger partial charge >= 0.3 is 0 Å². The van der Waals surface area contributed by atoms with E-state index in [1.807, 2.05) is 0 Å². The Kier molecular flexibility index (Phi) is 4.19. The summed E-state index contributed by atoms with van der Waals surface area (Å²) in [5.41, 5.74) is 0.222. The minimum atomic E-state index is -3.78. The third-order valence-corrected chi connectivity index (χ3v) is 4.64. The van der Waals surface area contributed by atoms with Gasteiger partial charge in [-0.2, -0.15) is 0 Å². The molecule has 1 aromatic rings. The summed E-state index contributed by atoms with van der Waals surface area (Å²) in [7, 11) is -3.78. The van der Waals surface area contributed by atoms with E-state index in [0.29, 0.717) is 11.8 Å². The summed E-state index contributed by atoms with van der Waals surface area (Å²) in [5.74, 6) is 0.895. The topological polar surface area (TPSA) is 105 Å². The highest BCUT2D eigenvalue weighted by molar-refractivity contribution is 7.89. The second-order valence-corrected chi connectivity index (χ2v) is 7.44. The highest BCUT2D eigenvalue weighted by Crippen LogP contribution is 2.28. The van der Waals surface area contributed by atoms with Crippen LogP contribution in [0.25, 0.3) is 0 Å². The van der Waals surface area contributed by atoms with Crippen LogP contribution in [-0.2, 0) is 10.0 Å². The lowest BCUT2D eigenvalue weighted by atomic mass is 9.80. The second-order valence-electron chi connectivity index (χ2n) is 5.88. The molecular formula is C13H21N3O3S. The zero-order chi connectivity index (χ0) is 14.9. The molecule has 4 N–H and O–H groups in total. The van der Waals surface area contributed by atoms with E-state index in [9.17, 15) is 13.2 Å². The number of aromatic nitrogens is 1. The molecule has 2 unspecified atom stereocenters. The van der Waals surface area contributed by atoms with E-state index in [2.05, 4.69) is 24.1 Å². The van der Waals surface area contributed by atoms with Gasteiger partial charge < -0.3 is 10.3 Å². The molecular weight excluding hydrogens is 278 g/mol. The highest BCUT2D eigenvalue weighted by atomic mass is 32.2. The van der Waals surface area contributed by atoms with Crippen molar-refractivity contribution in [1.82, 2.24) is 10.3 Å². The van der Waals surface area contributed by atoms with Crippen molar-refractivity contribution in [2.75, 3.05) is 0 Å². The van der Waals surface area contributed by atoms with Crippen LogP contribution in [0.1, 0.15) is 43.6 Å². The predicted octanol–water partition coefficient (Wildman–Crippen LogP) is 1.22. The molecule has 2 atom stereocenters. The number of nitrogens with two attached hydrogens (primary N) is 1. The first-order valence-electron chi connectivity index (χ1n) is 6.77. The summed E-state index contributed by atoms with van der Waals surface area (Å²) in [6.07, 6.45) is 4.33. The molecule has 1 aliphatic carbocycles. The zero-order valence-electron chi connectivity index (χ0n) is 11.7. The molecule has 7 heteroatoms. The summed E-state index contributed by atoms with van der Waals surface area (Å²) >= 11 is 0. The molecule has 0 bridgehead atoms. The number of nitrogens with one attached hydrogen (secondary N) is 2. The third kappa shape index (κ3) is 3.61. The van der Waals surface area contributed by atoms with Gasteiger partial charge in [-0.15, -0.1) is 0 Å². The van der Waals surface area contributed by atoms with E-state index in [1.54, 1.807) is 0 Å². The Morgan fingerprint density at radius 3 is 2.40 bits per heavy atom. The fourth-order valence-electron chi connectivity index (χ4n) is 3.00. The number of primary sulfonamides is 1. The lowest BCUT2D eigenvalue weighted by Gasteiger charge is -2.31. The Bertz CT molecular complexity index is 584. The van der Waals surface area contributed by atoms with Gasteiger partial charge in [0.15, 0.2) is 0 Å². The van der Waals surface area contributed by atoms with E-state index in [4.69, 9.17) is 5.14 Å². The standard InChI is InChI=1S/C13H21N3O3S/c1-8-3-9(2)5-10(4-8)16-13(17)12-6-11(7-15-12)20(14,18)19/h6-10,15H,3-5H2,1-2H3,(H,16,17)(H2,14,18,19). The number of sulfonamides is 1. The number of hydrogen-bond donors (Lipinski definition) is 3. The fourth-order valence-corrected chi connectivity index (χ4v) is 3.50. The van der Waals surface area contributed by atoms with E-state index in [-0.39, 0.29) is 22.5 Å². The van der Waals surface area contributed by atoms with E-state index >= 15 is 0 Å². The van der Waals surface area contributed by atoms with Crippen LogP contribution < -0.4 is 10.5 Å². The molecule has 0 aromatic carbocycles. The third-order valence-electron chi connectivity index (χ3n) is 3.74. The predicted molar refractivity (Wildman–Crippen MR) is 75.6 cm³/mol. The second kappa shape index (κ2) is 5.57. The van der Waals surface area contributed by atoms with Crippen molar-refractivity contribution < 1.29 is 13.2 Å². The molecule has 0 aliphatic heterocycles. The Morgan fingerprint density at radius 1 is 1.30 bits per heavy atom. The number of rotatable bonds is 3. The van der Waals surface area contributed by atoms with Gasteiger partial charge in [0, 0.05) is 12.2 Å². The Morgan fingerprint density at radius 2 is 1.90 bits per heavy atom. The van der Waals surface area contributed by atoms with Gasteiger partial charge in [0.2, 0.25) is 10.0 Å². The van der Waals surface area contributed by atoms with Crippen molar-refractivity contribution in [3.05, 3.63) is 18.0 Å². The summed E-state index contributed by atoms with van der Waals surface area (Å²) in [5, 5.41) is 7.97. The van der Waals surface area contributed by atoms with Crippen LogP contribution in [0.5, 0.6) is 0 Å². The summed E-state index contributed by atoms with van der Waals surface area (Å²) in [6, 6.07) is 1.41. The van der Waals surface area contributed by atoms with Crippen LogP contribution in [0.2, 0.25) is 0 Å². The number of carbonyl (C=O) groups is 1. The van der Waals surface area contributed by atoms with Crippen molar-refractivity contribution in [2.24, 2.45) is 17.0 Å². The first-order valence-corrected chi connectivity index (χ1v) is 8.32. The first-order chi connectivity index (χ1) is 9.25. The molecule has 2 rings (SSSR count). The van der Waals surface area contributed by atoms with Crippen molar-refractivity contribution in [2.45, 2.75) is 44.0 Å². The number of amides is 1. The number of hydrogen-bond acceptors (Lipinski definition) is 3. The lowest BCUT2D eigenvalue weighted by molar-refractivity contribution is 0.0906. The normalized spacial score (nSPS) is 27.2. The van der Waals surface area contributed by atoms with Crippen LogP contribution >= 0.6 is 0 Å². The number of H-pyrrole nitrogens is 1. The van der Waals surface area contributed by atoms with Gasteiger partial charge in [-0.1, -0.05) is 13.8 Å². The molecule has 20 heavy (non-hydrogen) atoms. The Balaban J connectivity index is 2.03. The SMILES string of the molecule is CC1CC(C)CC(NC(=O)c2cc(S(N)(=O)=O)c[nH]2)C1. The van der Waals surface area contributed by atoms with E-state index in [1.165, 1.54) is 18.7 Å². The monoisotopic (exact) mass is 299 g/mol. The van der Waals surface area contributed by atoms with E-state index in [0.717, 1.165) is 12.8 Å². The van der Waals surface area contributed by atoms with Crippen LogP contribution in [0.4, 0.5) is 0 Å². The smallest absolute Gasteiger partial charge is 0.267 e. The fraction of sp³-hybridized carbons (Fsp3) is 0.615. The van der Waals surface area contributed by atoms with Gasteiger partial charge in [0.25, 0.3) is 5.91 Å². The number of aromatic amines is 1. The van der Waals surface area contributed by atoms with Crippen LogP contribution in [0, 0.1) is 11.8 Å². The molecule has 1 aliphatic rings. The van der Waals surface area contributed by atoms with Gasteiger partial charge in [-0.25, -0.2) is 13.6 Å². The highest BCUT2D eigenvalue weighted by Gasteiger charge is 2.26. The van der Waals surface area contributed by atoms with Crippen LogP contribution in [0.3, 0.4) is 0 Å². The molecule has 1 aromatic heterocycles. The van der Waals surface area contributed by atoms with Gasteiger partial charge in [-0.3, -0.25) is 4.79 Å². The van der Waals surface area contributed by atoms with Crippen molar-refractivity contribution >= 4 is 15.9 Å². The van der Waals surface area contributed by atoms with Gasteiger partial charge in [0.05, 0.1) is 4.90 Å². The van der Waals surface area contributed by atoms with Crippen molar-refractivity contribution in [3.63, 3.8) is 0 Å². The summed E-state index contributed by atoms with van der Waals surface area (Å²) in [6.45, 7) is 4.37. The molecule has 0 spiro atoms. The number of carbonyl (C=O) groups excluding carboxylic acids is 1. The van der Waals surface area contributed by atoms with E-state index < -0.39 is 10.0 Å². The maximum atomic E-state index is 12.1. The van der Waals surface area contributed by atoms with Crippen molar-refractivity contribution in [3.8, 4) is 0 Å². The molecule has 1 saturated carbocycles. The Hall–Kier alpha value is -1.34. The molecule has 0 radical (unpaired) electrons. The molecule has 1 heterocycles.